The predicted octanol–water partition coefficient (Wildman–Crippen LogP) is 7.22. The summed E-state index contributed by atoms with van der Waals surface area (Å²) in [6.07, 6.45) is 9.22. The van der Waals surface area contributed by atoms with E-state index in [0.29, 0.717) is 0 Å². The summed E-state index contributed by atoms with van der Waals surface area (Å²) in [5.74, 6) is 0.397. The highest BCUT2D eigenvalue weighted by atomic mass is 16.3. The van der Waals surface area contributed by atoms with Crippen molar-refractivity contribution in [2.24, 2.45) is 11.8 Å². The Bertz CT molecular complexity index is 731. The van der Waals surface area contributed by atoms with Gasteiger partial charge in [-0.05, 0) is 24.0 Å². The lowest BCUT2D eigenvalue weighted by molar-refractivity contribution is -0.126. The van der Waals surface area contributed by atoms with E-state index in [0.717, 1.165) is 25.7 Å². The minimum absolute atomic E-state index is 0.158. The molecule has 1 saturated heterocycles. The molecule has 5 atom stereocenters. The molecule has 0 bridgehead atoms. The van der Waals surface area contributed by atoms with Crippen molar-refractivity contribution in [2.75, 3.05) is 0 Å². The Morgan fingerprint density at radius 2 is 1.33 bits per heavy atom. The van der Waals surface area contributed by atoms with Crippen LogP contribution in [0.1, 0.15) is 95.3 Å². The van der Waals surface area contributed by atoms with Gasteiger partial charge in [0.1, 0.15) is 0 Å². The van der Waals surface area contributed by atoms with Gasteiger partial charge in [-0.3, -0.25) is 0 Å². The van der Waals surface area contributed by atoms with Gasteiger partial charge in [0.25, 0.3) is 0 Å². The van der Waals surface area contributed by atoms with Crippen LogP contribution in [0.3, 0.4) is 0 Å². The number of unbranched alkanes of at least 4 members (excludes halogenated alkanes) is 4. The third-order valence-electron chi connectivity index (χ3n) is 7.29. The van der Waals surface area contributed by atoms with Crippen molar-refractivity contribution >= 4 is 0 Å². The Morgan fingerprint density at radius 3 is 1.90 bits per heavy atom. The maximum atomic E-state index is 12.3. The molecule has 2 nitrogen and oxygen atoms in total. The molecular formula is C28H41NO. The molecule has 2 N–H and O–H groups in total. The molecule has 1 aliphatic rings. The highest BCUT2D eigenvalue weighted by Crippen LogP contribution is 2.50. The highest BCUT2D eigenvalue weighted by Gasteiger charge is 2.52. The summed E-state index contributed by atoms with van der Waals surface area (Å²) in [5.41, 5.74) is 1.92. The van der Waals surface area contributed by atoms with E-state index in [9.17, 15) is 5.11 Å². The van der Waals surface area contributed by atoms with E-state index in [1.54, 1.807) is 0 Å². The second-order valence-corrected chi connectivity index (χ2v) is 9.28. The lowest BCUT2D eigenvalue weighted by Crippen LogP contribution is -2.58. The molecule has 30 heavy (non-hydrogen) atoms. The summed E-state index contributed by atoms with van der Waals surface area (Å²) in [7, 11) is 0. The maximum Gasteiger partial charge on any atom is 0.0737 e. The normalized spacial score (nSPS) is 29.1. The first-order valence-corrected chi connectivity index (χ1v) is 12.2. The summed E-state index contributed by atoms with van der Waals surface area (Å²) in [5, 5.41) is 16.3. The Morgan fingerprint density at radius 1 is 0.767 bits per heavy atom. The van der Waals surface area contributed by atoms with Gasteiger partial charge in [-0.1, -0.05) is 120 Å². The lowest BCUT2D eigenvalue weighted by atomic mass is 9.62. The van der Waals surface area contributed by atoms with Crippen molar-refractivity contribution < 1.29 is 5.11 Å². The van der Waals surface area contributed by atoms with Crippen LogP contribution in [0.15, 0.2) is 60.7 Å². The van der Waals surface area contributed by atoms with Crippen LogP contribution in [0, 0.1) is 11.8 Å². The zero-order chi connectivity index (χ0) is 21.4. The second kappa shape index (κ2) is 11.1. The Balaban J connectivity index is 1.94. The highest BCUT2D eigenvalue weighted by molar-refractivity contribution is 5.28. The van der Waals surface area contributed by atoms with Crippen LogP contribution in [-0.2, 0) is 0 Å². The first kappa shape index (κ1) is 23.0. The van der Waals surface area contributed by atoms with Crippen LogP contribution in [0.4, 0.5) is 0 Å². The van der Waals surface area contributed by atoms with Crippen LogP contribution in [0.25, 0.3) is 0 Å². The molecule has 1 aliphatic heterocycles. The van der Waals surface area contributed by atoms with Crippen molar-refractivity contribution in [3.63, 3.8) is 0 Å². The molecule has 0 saturated carbocycles. The minimum Gasteiger partial charge on any atom is -0.389 e. The van der Waals surface area contributed by atoms with Crippen molar-refractivity contribution in [2.45, 2.75) is 89.8 Å². The molecule has 0 aromatic heterocycles. The fraction of sp³-hybridized carbons (Fsp3) is 0.571. The van der Waals surface area contributed by atoms with E-state index in [1.165, 1.54) is 36.8 Å². The molecular weight excluding hydrogens is 366 g/mol. The second-order valence-electron chi connectivity index (χ2n) is 9.28. The predicted molar refractivity (Wildman–Crippen MR) is 127 cm³/mol. The average Bonchev–Trinajstić information content (AvgIpc) is 2.78. The molecule has 1 fully saturated rings. The lowest BCUT2D eigenvalue weighted by Gasteiger charge is -2.53. The number of benzene rings is 2. The number of rotatable bonds is 10. The van der Waals surface area contributed by atoms with Gasteiger partial charge < -0.3 is 10.4 Å². The van der Waals surface area contributed by atoms with Crippen molar-refractivity contribution in [1.82, 2.24) is 5.32 Å². The molecule has 2 aromatic rings. The van der Waals surface area contributed by atoms with Crippen LogP contribution >= 0.6 is 0 Å². The molecule has 0 radical (unpaired) electrons. The third kappa shape index (κ3) is 5.15. The first-order chi connectivity index (χ1) is 14.6. The van der Waals surface area contributed by atoms with Crippen molar-refractivity contribution in [3.05, 3.63) is 71.8 Å². The molecule has 0 aliphatic carbocycles. The van der Waals surface area contributed by atoms with Gasteiger partial charge in [-0.2, -0.15) is 0 Å². The van der Waals surface area contributed by atoms with Gasteiger partial charge in [-0.15, -0.1) is 0 Å². The summed E-state index contributed by atoms with van der Waals surface area (Å²) in [4.78, 5) is 0. The van der Waals surface area contributed by atoms with Crippen LogP contribution in [-0.4, -0.2) is 10.7 Å². The fourth-order valence-corrected chi connectivity index (χ4v) is 5.56. The van der Waals surface area contributed by atoms with E-state index in [2.05, 4.69) is 86.8 Å². The number of aliphatic hydroxyl groups is 1. The molecule has 0 spiro atoms. The summed E-state index contributed by atoms with van der Waals surface area (Å²) < 4.78 is 0. The van der Waals surface area contributed by atoms with Crippen LogP contribution in [0.2, 0.25) is 0 Å². The largest absolute Gasteiger partial charge is 0.389 e. The van der Waals surface area contributed by atoms with Crippen molar-refractivity contribution in [1.29, 1.82) is 0 Å². The van der Waals surface area contributed by atoms with Gasteiger partial charge >= 0.3 is 0 Å². The van der Waals surface area contributed by atoms with E-state index < -0.39 is 5.60 Å². The van der Waals surface area contributed by atoms with E-state index >= 15 is 0 Å². The quantitative estimate of drug-likeness (QED) is 0.408. The summed E-state index contributed by atoms with van der Waals surface area (Å²) in [6.45, 7) is 6.77. The standard InChI is InChI=1S/C28H41NO/c1-4-6-7-8-15-21-28(30)22(3)26(23-17-11-9-12-18-23)29-27(25(28)16-5-2)24-19-13-10-14-20-24/h9-14,17-20,22,25-27,29-30H,4-8,15-16,21H2,1-3H3/t22-,25-,26+,27+,28+/m0/s1. The van der Waals surface area contributed by atoms with Crippen molar-refractivity contribution in [3.8, 4) is 0 Å². The maximum absolute atomic E-state index is 12.3. The zero-order valence-electron chi connectivity index (χ0n) is 19.2. The Hall–Kier alpha value is -1.64. The topological polar surface area (TPSA) is 32.3 Å². The van der Waals surface area contributed by atoms with E-state index in [1.807, 2.05) is 0 Å². The van der Waals surface area contributed by atoms with Gasteiger partial charge in [0.15, 0.2) is 0 Å². The van der Waals surface area contributed by atoms with Gasteiger partial charge in [0.2, 0.25) is 0 Å². The Labute approximate surface area is 184 Å². The molecule has 3 rings (SSSR count). The van der Waals surface area contributed by atoms with Gasteiger partial charge in [0.05, 0.1) is 5.60 Å². The molecule has 2 heteroatoms. The molecule has 1 heterocycles. The minimum atomic E-state index is -0.658. The van der Waals surface area contributed by atoms with E-state index in [-0.39, 0.29) is 23.9 Å². The van der Waals surface area contributed by atoms with Crippen LogP contribution in [0.5, 0.6) is 0 Å². The fourth-order valence-electron chi connectivity index (χ4n) is 5.56. The van der Waals surface area contributed by atoms with E-state index in [4.69, 9.17) is 0 Å². The molecule has 0 unspecified atom stereocenters. The molecule has 2 aromatic carbocycles. The van der Waals surface area contributed by atoms with Gasteiger partial charge in [-0.25, -0.2) is 0 Å². The molecule has 0 amide bonds. The first-order valence-electron chi connectivity index (χ1n) is 12.2. The molecule has 164 valence electrons. The zero-order valence-corrected chi connectivity index (χ0v) is 19.2. The smallest absolute Gasteiger partial charge is 0.0737 e. The SMILES string of the molecule is CCCCCCC[C@@]1(O)[C@@H](C)[C@H](c2ccccc2)N[C@H](c2ccccc2)[C@@H]1CCC. The monoisotopic (exact) mass is 407 g/mol. The number of hydrogen-bond acceptors (Lipinski definition) is 2. The number of nitrogens with one attached hydrogen (secondary N) is 1. The van der Waals surface area contributed by atoms with Gasteiger partial charge in [0, 0.05) is 23.9 Å². The van der Waals surface area contributed by atoms with Crippen LogP contribution < -0.4 is 5.32 Å². The average molecular weight is 408 g/mol. The Kier molecular flexibility index (Phi) is 8.53. The summed E-state index contributed by atoms with van der Waals surface area (Å²) in [6, 6.07) is 21.8. The number of piperidine rings is 1. The number of hydrogen-bond donors (Lipinski definition) is 2. The third-order valence-corrected chi connectivity index (χ3v) is 7.29. The summed E-state index contributed by atoms with van der Waals surface area (Å²) >= 11 is 0.